The number of benzene rings is 2. The predicted molar refractivity (Wildman–Crippen MR) is 118 cm³/mol. The number of carbonyl (C=O) groups is 3. The van der Waals surface area contributed by atoms with Gasteiger partial charge in [-0.05, 0) is 42.0 Å². The summed E-state index contributed by atoms with van der Waals surface area (Å²) in [4.78, 5) is 37.5. The van der Waals surface area contributed by atoms with Crippen LogP contribution < -0.4 is 5.32 Å². The van der Waals surface area contributed by atoms with Gasteiger partial charge in [0.2, 0.25) is 5.91 Å². The molecule has 1 saturated heterocycles. The number of carboxylic acid groups (broad SMARTS) is 1. The fourth-order valence-electron chi connectivity index (χ4n) is 2.56. The fraction of sp³-hybridized carbons (Fsp3) is 0.100. The molecule has 148 valence electrons. The predicted octanol–water partition coefficient (Wildman–Crippen LogP) is 4.27. The SMILES string of the molecule is O=C(CCN1C(=O)C(=Cc2ccccc2Cl)SC1=S)Nc1ccc(C(=O)O)cc1. The lowest BCUT2D eigenvalue weighted by molar-refractivity contribution is -0.122. The summed E-state index contributed by atoms with van der Waals surface area (Å²) in [6.45, 7) is 0.142. The van der Waals surface area contributed by atoms with Crippen LogP contribution in [0.25, 0.3) is 6.08 Å². The van der Waals surface area contributed by atoms with Gasteiger partial charge in [0.15, 0.2) is 0 Å². The molecule has 29 heavy (non-hydrogen) atoms. The molecule has 6 nitrogen and oxygen atoms in total. The van der Waals surface area contributed by atoms with Crippen LogP contribution in [0.3, 0.4) is 0 Å². The fourth-order valence-corrected chi connectivity index (χ4v) is 4.05. The molecule has 0 radical (unpaired) electrons. The maximum absolute atomic E-state index is 12.6. The number of thioether (sulfide) groups is 1. The molecule has 2 aromatic carbocycles. The summed E-state index contributed by atoms with van der Waals surface area (Å²) in [5, 5.41) is 12.1. The van der Waals surface area contributed by atoms with Crippen molar-refractivity contribution in [2.24, 2.45) is 0 Å². The lowest BCUT2D eigenvalue weighted by Gasteiger charge is -2.14. The van der Waals surface area contributed by atoms with Crippen LogP contribution in [0, 0.1) is 0 Å². The first-order valence-corrected chi connectivity index (χ1v) is 10.1. The average molecular weight is 447 g/mol. The summed E-state index contributed by atoms with van der Waals surface area (Å²) in [5.41, 5.74) is 1.33. The molecule has 2 amide bonds. The summed E-state index contributed by atoms with van der Waals surface area (Å²) in [5.74, 6) is -1.61. The van der Waals surface area contributed by atoms with Crippen molar-refractivity contribution >= 4 is 69.4 Å². The molecule has 1 aliphatic rings. The third-order valence-electron chi connectivity index (χ3n) is 4.04. The van der Waals surface area contributed by atoms with Gasteiger partial charge in [-0.1, -0.05) is 53.8 Å². The van der Waals surface area contributed by atoms with Crippen LogP contribution in [0.15, 0.2) is 53.4 Å². The minimum atomic E-state index is -1.04. The molecule has 0 aromatic heterocycles. The first-order chi connectivity index (χ1) is 13.8. The van der Waals surface area contributed by atoms with Gasteiger partial charge < -0.3 is 10.4 Å². The summed E-state index contributed by atoms with van der Waals surface area (Å²) in [6.07, 6.45) is 1.73. The summed E-state index contributed by atoms with van der Waals surface area (Å²) in [6, 6.07) is 13.0. The van der Waals surface area contributed by atoms with Crippen molar-refractivity contribution in [3.05, 3.63) is 69.6 Å². The van der Waals surface area contributed by atoms with Crippen molar-refractivity contribution in [2.75, 3.05) is 11.9 Å². The highest BCUT2D eigenvalue weighted by molar-refractivity contribution is 8.26. The van der Waals surface area contributed by atoms with Gasteiger partial charge in [-0.2, -0.15) is 0 Å². The first-order valence-electron chi connectivity index (χ1n) is 8.48. The molecule has 0 aliphatic carbocycles. The minimum Gasteiger partial charge on any atom is -0.478 e. The molecule has 1 aliphatic heterocycles. The number of aromatic carboxylic acids is 1. The number of thiocarbonyl (C=S) groups is 1. The second-order valence-corrected chi connectivity index (χ2v) is 8.12. The molecule has 1 heterocycles. The number of amides is 2. The van der Waals surface area contributed by atoms with Gasteiger partial charge in [-0.25, -0.2) is 4.79 Å². The average Bonchev–Trinajstić information content (AvgIpc) is 2.95. The molecular formula is C20H15ClN2O4S2. The van der Waals surface area contributed by atoms with Crippen LogP contribution in [0.5, 0.6) is 0 Å². The third-order valence-corrected chi connectivity index (χ3v) is 5.77. The van der Waals surface area contributed by atoms with Crippen molar-refractivity contribution in [3.8, 4) is 0 Å². The molecule has 0 spiro atoms. The summed E-state index contributed by atoms with van der Waals surface area (Å²) in [7, 11) is 0. The van der Waals surface area contributed by atoms with Crippen LogP contribution >= 0.6 is 35.6 Å². The van der Waals surface area contributed by atoms with Gasteiger partial charge in [0.05, 0.1) is 10.5 Å². The number of nitrogens with one attached hydrogen (secondary N) is 1. The molecule has 2 aromatic rings. The number of hydrogen-bond donors (Lipinski definition) is 2. The molecule has 0 bridgehead atoms. The lowest BCUT2D eigenvalue weighted by Crippen LogP contribution is -2.31. The zero-order valence-electron chi connectivity index (χ0n) is 14.9. The van der Waals surface area contributed by atoms with Gasteiger partial charge >= 0.3 is 5.97 Å². The number of carbonyl (C=O) groups excluding carboxylic acids is 2. The van der Waals surface area contributed by atoms with Crippen molar-refractivity contribution in [2.45, 2.75) is 6.42 Å². The molecule has 1 fully saturated rings. The van der Waals surface area contributed by atoms with Crippen LogP contribution in [-0.2, 0) is 9.59 Å². The van der Waals surface area contributed by atoms with E-state index in [2.05, 4.69) is 5.32 Å². The van der Waals surface area contributed by atoms with E-state index in [1.165, 1.54) is 40.9 Å². The zero-order valence-corrected chi connectivity index (χ0v) is 17.3. The normalized spacial score (nSPS) is 15.1. The Morgan fingerprint density at radius 3 is 2.52 bits per heavy atom. The van der Waals surface area contributed by atoms with E-state index in [4.69, 9.17) is 28.9 Å². The van der Waals surface area contributed by atoms with E-state index in [0.29, 0.717) is 19.9 Å². The minimum absolute atomic E-state index is 0.0481. The number of nitrogens with zero attached hydrogens (tertiary/aromatic N) is 1. The van der Waals surface area contributed by atoms with Gasteiger partial charge in [0.1, 0.15) is 4.32 Å². The standard InChI is InChI=1S/C20H15ClN2O4S2/c21-15-4-2-1-3-13(15)11-16-18(25)23(20(28)29-16)10-9-17(24)22-14-7-5-12(6-8-14)19(26)27/h1-8,11H,9-10H2,(H,22,24)(H,26,27). The van der Waals surface area contributed by atoms with Crippen molar-refractivity contribution in [1.29, 1.82) is 0 Å². The highest BCUT2D eigenvalue weighted by Crippen LogP contribution is 2.33. The largest absolute Gasteiger partial charge is 0.478 e. The summed E-state index contributed by atoms with van der Waals surface area (Å²) < 4.78 is 0.381. The van der Waals surface area contributed by atoms with Crippen LogP contribution in [0.4, 0.5) is 5.69 Å². The Morgan fingerprint density at radius 2 is 1.86 bits per heavy atom. The quantitative estimate of drug-likeness (QED) is 0.509. The van der Waals surface area contributed by atoms with Crippen molar-refractivity contribution in [1.82, 2.24) is 4.90 Å². The van der Waals surface area contributed by atoms with Crippen LogP contribution in [-0.4, -0.2) is 38.7 Å². The van der Waals surface area contributed by atoms with E-state index in [1.807, 2.05) is 6.07 Å². The van der Waals surface area contributed by atoms with Crippen molar-refractivity contribution < 1.29 is 19.5 Å². The van der Waals surface area contributed by atoms with E-state index >= 15 is 0 Å². The topological polar surface area (TPSA) is 86.7 Å². The molecule has 0 saturated carbocycles. The van der Waals surface area contributed by atoms with Gasteiger partial charge in [-0.3, -0.25) is 14.5 Å². The third kappa shape index (κ3) is 5.23. The van der Waals surface area contributed by atoms with Gasteiger partial charge in [0, 0.05) is 23.7 Å². The first kappa shape index (κ1) is 21.0. The molecule has 9 heteroatoms. The molecule has 3 rings (SSSR count). The molecule has 2 N–H and O–H groups in total. The zero-order chi connectivity index (χ0) is 21.0. The Morgan fingerprint density at radius 1 is 1.17 bits per heavy atom. The number of halogens is 1. The molecule has 0 atom stereocenters. The van der Waals surface area contributed by atoms with E-state index in [9.17, 15) is 14.4 Å². The van der Waals surface area contributed by atoms with Gasteiger partial charge in [0.25, 0.3) is 5.91 Å². The maximum Gasteiger partial charge on any atom is 0.335 e. The van der Waals surface area contributed by atoms with E-state index in [1.54, 1.807) is 24.3 Å². The maximum atomic E-state index is 12.6. The second-order valence-electron chi connectivity index (χ2n) is 6.04. The Hall–Kier alpha value is -2.68. The Labute approximate surface area is 181 Å². The Balaban J connectivity index is 1.59. The van der Waals surface area contributed by atoms with Crippen molar-refractivity contribution in [3.63, 3.8) is 0 Å². The van der Waals surface area contributed by atoms with E-state index in [0.717, 1.165) is 5.56 Å². The highest BCUT2D eigenvalue weighted by atomic mass is 35.5. The number of hydrogen-bond acceptors (Lipinski definition) is 5. The number of carboxylic acids is 1. The van der Waals surface area contributed by atoms with Gasteiger partial charge in [-0.15, -0.1) is 0 Å². The monoisotopic (exact) mass is 446 g/mol. The van der Waals surface area contributed by atoms with Crippen LogP contribution in [0.1, 0.15) is 22.3 Å². The lowest BCUT2D eigenvalue weighted by atomic mass is 10.2. The highest BCUT2D eigenvalue weighted by Gasteiger charge is 2.32. The van der Waals surface area contributed by atoms with Crippen LogP contribution in [0.2, 0.25) is 5.02 Å². The summed E-state index contributed by atoms with van der Waals surface area (Å²) >= 11 is 12.6. The van der Waals surface area contributed by atoms with E-state index in [-0.39, 0.29) is 30.3 Å². The number of rotatable bonds is 6. The van der Waals surface area contributed by atoms with E-state index < -0.39 is 5.97 Å². The smallest absolute Gasteiger partial charge is 0.335 e. The Kier molecular flexibility index (Phi) is 6.68. The Bertz CT molecular complexity index is 1020. The molecular weight excluding hydrogens is 432 g/mol. The second kappa shape index (κ2) is 9.21. The molecule has 0 unspecified atom stereocenters. The number of anilines is 1.